The molecule has 0 aromatic carbocycles. The van der Waals surface area contributed by atoms with Gasteiger partial charge in [-0.05, 0) is 31.3 Å². The number of hydrogen-bond acceptors (Lipinski definition) is 6. The van der Waals surface area contributed by atoms with Crippen LogP contribution >= 0.6 is 11.8 Å². The first kappa shape index (κ1) is 21.5. The minimum Gasteiger partial charge on any atom is -0.484 e. The van der Waals surface area contributed by atoms with Gasteiger partial charge in [-0.15, -0.1) is 11.8 Å². The van der Waals surface area contributed by atoms with Crippen LogP contribution in [0.2, 0.25) is 18.1 Å². The summed E-state index contributed by atoms with van der Waals surface area (Å²) in [6, 6.07) is 0. The quantitative estimate of drug-likeness (QED) is 0.385. The van der Waals surface area contributed by atoms with Crippen molar-refractivity contribution in [1.29, 1.82) is 0 Å². The molecular weight excluding hydrogens is 342 g/mol. The van der Waals surface area contributed by atoms with Gasteiger partial charge in [0.2, 0.25) is 5.72 Å². The molecule has 5 N–H and O–H groups in total. The lowest BCUT2D eigenvalue weighted by molar-refractivity contribution is -0.391. The van der Waals surface area contributed by atoms with Crippen molar-refractivity contribution >= 4 is 26.3 Å². The average molecular weight is 377 g/mol. The lowest BCUT2D eigenvalue weighted by atomic mass is 10.2. The molecule has 0 saturated heterocycles. The largest absolute Gasteiger partial charge is 0.484 e. The summed E-state index contributed by atoms with van der Waals surface area (Å²) < 4.78 is 18.2. The van der Waals surface area contributed by atoms with Crippen LogP contribution in [0.5, 0.6) is 0 Å². The van der Waals surface area contributed by atoms with Gasteiger partial charge in [-0.3, -0.25) is 5.73 Å². The zero-order valence-corrected chi connectivity index (χ0v) is 18.0. The molecule has 1 heterocycles. The standard InChI is InChI=1S/C16H33N3O3SSi/c1-15(2,3)24(6,7)21-10-13-12(20-11-23-5)8-16(4,22-13)19-9-14(17)18/h9,14H,8,10-11,17-18H2,1-7H3/p+1. The molecule has 2 atom stereocenters. The summed E-state index contributed by atoms with van der Waals surface area (Å²) in [4.78, 5) is 4.45. The zero-order chi connectivity index (χ0) is 18.6. The van der Waals surface area contributed by atoms with E-state index in [-0.39, 0.29) is 11.2 Å². The van der Waals surface area contributed by atoms with E-state index in [1.54, 1.807) is 18.0 Å². The fourth-order valence-electron chi connectivity index (χ4n) is 1.91. The van der Waals surface area contributed by atoms with Crippen LogP contribution in [0.25, 0.3) is 0 Å². The minimum atomic E-state index is -1.86. The van der Waals surface area contributed by atoms with E-state index in [9.17, 15) is 0 Å². The molecule has 1 aliphatic rings. The van der Waals surface area contributed by atoms with Crippen molar-refractivity contribution in [2.24, 2.45) is 10.7 Å². The predicted molar refractivity (Wildman–Crippen MR) is 103 cm³/mol. The van der Waals surface area contributed by atoms with Crippen LogP contribution < -0.4 is 11.5 Å². The van der Waals surface area contributed by atoms with E-state index in [0.717, 1.165) is 11.5 Å². The van der Waals surface area contributed by atoms with Crippen molar-refractivity contribution in [2.75, 3.05) is 18.8 Å². The summed E-state index contributed by atoms with van der Waals surface area (Å²) in [5.41, 5.74) is 8.68. The van der Waals surface area contributed by atoms with Crippen molar-refractivity contribution < 1.29 is 19.6 Å². The van der Waals surface area contributed by atoms with Crippen molar-refractivity contribution in [3.63, 3.8) is 0 Å². The summed E-state index contributed by atoms with van der Waals surface area (Å²) >= 11 is 1.62. The number of quaternary nitrogens is 1. The molecule has 0 radical (unpaired) electrons. The molecule has 8 heteroatoms. The lowest BCUT2D eigenvalue weighted by Gasteiger charge is -2.36. The van der Waals surface area contributed by atoms with Crippen molar-refractivity contribution in [2.45, 2.75) is 64.1 Å². The van der Waals surface area contributed by atoms with Crippen molar-refractivity contribution in [3.8, 4) is 0 Å². The maximum atomic E-state index is 6.29. The molecule has 0 saturated carbocycles. The summed E-state index contributed by atoms with van der Waals surface area (Å²) in [6.45, 7) is 13.5. The first-order valence-corrected chi connectivity index (χ1v) is 12.5. The van der Waals surface area contributed by atoms with Gasteiger partial charge in [-0.1, -0.05) is 20.8 Å². The van der Waals surface area contributed by atoms with Gasteiger partial charge in [0.15, 0.2) is 20.2 Å². The summed E-state index contributed by atoms with van der Waals surface area (Å²) in [7, 11) is -1.86. The molecule has 0 aromatic rings. The van der Waals surface area contributed by atoms with Crippen LogP contribution in [-0.2, 0) is 13.9 Å². The Balaban J connectivity index is 2.86. The lowest BCUT2D eigenvalue weighted by Crippen LogP contribution is -2.67. The topological polar surface area (TPSA) is 93.7 Å². The van der Waals surface area contributed by atoms with Crippen molar-refractivity contribution in [3.05, 3.63) is 11.5 Å². The van der Waals surface area contributed by atoms with Gasteiger partial charge in [0, 0.05) is 0 Å². The third kappa shape index (κ3) is 6.07. The van der Waals surface area contributed by atoms with Gasteiger partial charge in [-0.25, -0.2) is 4.99 Å². The molecule has 2 unspecified atom stereocenters. The van der Waals surface area contributed by atoms with Crippen LogP contribution in [-0.4, -0.2) is 45.2 Å². The third-order valence-corrected chi connectivity index (χ3v) is 9.23. The normalized spacial score (nSPS) is 23.7. The van der Waals surface area contributed by atoms with Crippen molar-refractivity contribution in [1.82, 2.24) is 0 Å². The zero-order valence-electron chi connectivity index (χ0n) is 16.1. The molecule has 140 valence electrons. The highest BCUT2D eigenvalue weighted by atomic mass is 32.2. The highest BCUT2D eigenvalue weighted by Gasteiger charge is 2.41. The molecule has 0 bridgehead atoms. The Hall–Kier alpha value is -0.543. The number of ether oxygens (including phenoxy) is 2. The van der Waals surface area contributed by atoms with Crippen LogP contribution in [0, 0.1) is 0 Å². The third-order valence-electron chi connectivity index (χ3n) is 4.40. The Morgan fingerprint density at radius 3 is 2.62 bits per heavy atom. The summed E-state index contributed by atoms with van der Waals surface area (Å²) in [6.07, 6.45) is 3.84. The molecule has 0 fully saturated rings. The van der Waals surface area contributed by atoms with Gasteiger partial charge in [0.25, 0.3) is 0 Å². The Morgan fingerprint density at radius 1 is 1.50 bits per heavy atom. The van der Waals surface area contributed by atoms with E-state index < -0.39 is 14.0 Å². The van der Waals surface area contributed by atoms with Crippen LogP contribution in [0.15, 0.2) is 16.5 Å². The van der Waals surface area contributed by atoms with E-state index in [4.69, 9.17) is 19.6 Å². The van der Waals surface area contributed by atoms with Gasteiger partial charge in [0.1, 0.15) is 11.7 Å². The second-order valence-corrected chi connectivity index (χ2v) is 13.5. The fourth-order valence-corrected chi connectivity index (χ4v) is 3.10. The second-order valence-electron chi connectivity index (χ2n) is 7.84. The number of aliphatic imine (C=N–C) groups is 1. The first-order chi connectivity index (χ1) is 10.9. The molecule has 0 spiro atoms. The Morgan fingerprint density at radius 2 is 2.12 bits per heavy atom. The Labute approximate surface area is 151 Å². The van der Waals surface area contributed by atoms with Gasteiger partial charge < -0.3 is 19.6 Å². The van der Waals surface area contributed by atoms with Gasteiger partial charge >= 0.3 is 0 Å². The van der Waals surface area contributed by atoms with Crippen LogP contribution in [0.1, 0.15) is 34.1 Å². The molecule has 1 aliphatic heterocycles. The molecular formula is C16H34N3O3SSi+. The summed E-state index contributed by atoms with van der Waals surface area (Å²) in [5, 5.41) is 0.147. The molecule has 1 rings (SSSR count). The van der Waals surface area contributed by atoms with Gasteiger partial charge in [0.05, 0.1) is 19.2 Å². The molecule has 0 aliphatic carbocycles. The minimum absolute atomic E-state index is 0.147. The van der Waals surface area contributed by atoms with Crippen LogP contribution in [0.3, 0.4) is 0 Å². The molecule has 0 aromatic heterocycles. The van der Waals surface area contributed by atoms with E-state index in [1.165, 1.54) is 0 Å². The van der Waals surface area contributed by atoms with E-state index in [1.807, 2.05) is 13.2 Å². The average Bonchev–Trinajstić information content (AvgIpc) is 2.77. The first-order valence-electron chi connectivity index (χ1n) is 8.21. The summed E-state index contributed by atoms with van der Waals surface area (Å²) in [5.74, 6) is 2.14. The SMILES string of the molecule is CSCOC1=C(CO[Si](C)(C)C(C)(C)C)OC(C)(N=CC(N)[NH3+])C1. The molecule has 24 heavy (non-hydrogen) atoms. The maximum absolute atomic E-state index is 6.29. The Bertz CT molecular complexity index is 489. The smallest absolute Gasteiger partial charge is 0.204 e. The Kier molecular flexibility index (Phi) is 7.37. The number of thioether (sulfide) groups is 1. The highest BCUT2D eigenvalue weighted by Crippen LogP contribution is 2.39. The van der Waals surface area contributed by atoms with E-state index in [0.29, 0.717) is 19.0 Å². The monoisotopic (exact) mass is 376 g/mol. The number of nitrogens with zero attached hydrogens (tertiary/aromatic N) is 1. The fraction of sp³-hybridized carbons (Fsp3) is 0.812. The van der Waals surface area contributed by atoms with E-state index >= 15 is 0 Å². The second kappa shape index (κ2) is 8.22. The number of nitrogens with two attached hydrogens (primary N) is 1. The maximum Gasteiger partial charge on any atom is 0.204 e. The van der Waals surface area contributed by atoms with Gasteiger partial charge in [-0.2, -0.15) is 0 Å². The number of rotatable bonds is 8. The van der Waals surface area contributed by atoms with Crippen LogP contribution in [0.4, 0.5) is 0 Å². The van der Waals surface area contributed by atoms with E-state index in [2.05, 4.69) is 44.6 Å². The molecule has 6 nitrogen and oxygen atoms in total. The highest BCUT2D eigenvalue weighted by molar-refractivity contribution is 7.98. The molecule has 0 amide bonds. The predicted octanol–water partition coefficient (Wildman–Crippen LogP) is 2.29. The number of hydrogen-bond donors (Lipinski definition) is 2.